The minimum Gasteiger partial charge on any atom is -0.512 e. The third-order valence-electron chi connectivity index (χ3n) is 4.52. The standard InChI is InChI=1S/C22H22N2O2/c1-5-17(20(26)6-2)19-12-10-16-8-7-15-9-11-18(13(3)14(4)25)23-21(15)22(16)24-19/h7-12,25-26H,3-6H2,1-2H3/b20-17-. The number of allylic oxidation sites excluding steroid dienone is 3. The Balaban J connectivity index is 2.29. The van der Waals surface area contributed by atoms with Crippen LogP contribution in [0.2, 0.25) is 0 Å². The summed E-state index contributed by atoms with van der Waals surface area (Å²) in [5.41, 5.74) is 4.04. The minimum atomic E-state index is -0.102. The van der Waals surface area contributed by atoms with E-state index in [1.807, 2.05) is 50.2 Å². The van der Waals surface area contributed by atoms with Gasteiger partial charge in [-0.3, -0.25) is 0 Å². The Morgan fingerprint density at radius 1 is 0.808 bits per heavy atom. The first-order chi connectivity index (χ1) is 12.5. The van der Waals surface area contributed by atoms with Crippen molar-refractivity contribution >= 4 is 33.0 Å². The van der Waals surface area contributed by atoms with Crippen LogP contribution in [0.25, 0.3) is 33.0 Å². The van der Waals surface area contributed by atoms with Crippen LogP contribution in [-0.4, -0.2) is 20.2 Å². The molecule has 2 N–H and O–H groups in total. The molecule has 0 saturated heterocycles. The molecule has 0 saturated carbocycles. The van der Waals surface area contributed by atoms with Crippen LogP contribution in [0.3, 0.4) is 0 Å². The molecular weight excluding hydrogens is 324 g/mol. The molecule has 0 bridgehead atoms. The molecule has 0 radical (unpaired) electrons. The van der Waals surface area contributed by atoms with E-state index in [1.54, 1.807) is 0 Å². The number of rotatable bonds is 5. The van der Waals surface area contributed by atoms with Crippen molar-refractivity contribution in [3.8, 4) is 0 Å². The Labute approximate surface area is 152 Å². The van der Waals surface area contributed by atoms with Gasteiger partial charge in [0.2, 0.25) is 0 Å². The predicted molar refractivity (Wildman–Crippen MR) is 108 cm³/mol. The molecule has 3 aromatic rings. The van der Waals surface area contributed by atoms with Gasteiger partial charge < -0.3 is 10.2 Å². The molecule has 26 heavy (non-hydrogen) atoms. The Bertz CT molecular complexity index is 1060. The summed E-state index contributed by atoms with van der Waals surface area (Å²) < 4.78 is 0. The molecular formula is C22H22N2O2. The SMILES string of the molecule is C=C(O)C(=C)c1ccc2ccc3ccc(/C(CC)=C(\O)CC)nc3c2n1. The summed E-state index contributed by atoms with van der Waals surface area (Å²) in [6.07, 6.45) is 1.27. The Kier molecular flexibility index (Phi) is 4.76. The number of aliphatic hydroxyl groups excluding tert-OH is 2. The zero-order valence-corrected chi connectivity index (χ0v) is 15.1. The van der Waals surface area contributed by atoms with Crippen LogP contribution in [0, 0.1) is 0 Å². The average Bonchev–Trinajstić information content (AvgIpc) is 2.67. The third-order valence-corrected chi connectivity index (χ3v) is 4.52. The number of nitrogens with zero attached hydrogens (tertiary/aromatic N) is 2. The fourth-order valence-electron chi connectivity index (χ4n) is 3.00. The highest BCUT2D eigenvalue weighted by Crippen LogP contribution is 2.28. The smallest absolute Gasteiger partial charge is 0.117 e. The lowest BCUT2D eigenvalue weighted by Gasteiger charge is -2.11. The Morgan fingerprint density at radius 3 is 1.81 bits per heavy atom. The predicted octanol–water partition coefficient (Wildman–Crippen LogP) is 5.96. The molecule has 2 aromatic heterocycles. The van der Waals surface area contributed by atoms with E-state index in [-0.39, 0.29) is 5.76 Å². The molecule has 132 valence electrons. The summed E-state index contributed by atoms with van der Waals surface area (Å²) in [7, 11) is 0. The summed E-state index contributed by atoms with van der Waals surface area (Å²) in [4.78, 5) is 9.45. The first kappa shape index (κ1) is 17.7. The van der Waals surface area contributed by atoms with Crippen molar-refractivity contribution in [3.63, 3.8) is 0 Å². The fraction of sp³-hybridized carbons (Fsp3) is 0.182. The number of pyridine rings is 2. The largest absolute Gasteiger partial charge is 0.512 e. The van der Waals surface area contributed by atoms with E-state index in [9.17, 15) is 10.2 Å². The third kappa shape index (κ3) is 3.06. The van der Waals surface area contributed by atoms with Gasteiger partial charge in [0, 0.05) is 28.3 Å². The maximum atomic E-state index is 10.2. The first-order valence-electron chi connectivity index (χ1n) is 8.65. The summed E-state index contributed by atoms with van der Waals surface area (Å²) in [6, 6.07) is 11.7. The van der Waals surface area contributed by atoms with Gasteiger partial charge in [-0.1, -0.05) is 51.3 Å². The summed E-state index contributed by atoms with van der Waals surface area (Å²) in [5.74, 6) is 0.257. The van der Waals surface area contributed by atoms with E-state index in [2.05, 4.69) is 18.1 Å². The quantitative estimate of drug-likeness (QED) is 0.340. The first-order valence-corrected chi connectivity index (χ1v) is 8.65. The van der Waals surface area contributed by atoms with E-state index in [0.29, 0.717) is 29.9 Å². The Hall–Kier alpha value is -3.14. The van der Waals surface area contributed by atoms with Crippen molar-refractivity contribution in [1.82, 2.24) is 9.97 Å². The van der Waals surface area contributed by atoms with E-state index in [0.717, 1.165) is 33.1 Å². The molecule has 0 aliphatic carbocycles. The topological polar surface area (TPSA) is 66.2 Å². The van der Waals surface area contributed by atoms with Crippen molar-refractivity contribution in [2.24, 2.45) is 0 Å². The van der Waals surface area contributed by atoms with Crippen molar-refractivity contribution in [1.29, 1.82) is 0 Å². The monoisotopic (exact) mass is 346 g/mol. The second-order valence-corrected chi connectivity index (χ2v) is 6.16. The number of aromatic nitrogens is 2. The van der Waals surface area contributed by atoms with Crippen LogP contribution in [0.5, 0.6) is 0 Å². The number of benzene rings is 1. The van der Waals surface area contributed by atoms with Crippen molar-refractivity contribution in [2.75, 3.05) is 0 Å². The summed E-state index contributed by atoms with van der Waals surface area (Å²) >= 11 is 0. The van der Waals surface area contributed by atoms with E-state index >= 15 is 0 Å². The molecule has 4 nitrogen and oxygen atoms in total. The highest BCUT2D eigenvalue weighted by atomic mass is 16.3. The van der Waals surface area contributed by atoms with Crippen LogP contribution in [0.4, 0.5) is 0 Å². The van der Waals surface area contributed by atoms with Gasteiger partial charge in [-0.05, 0) is 18.6 Å². The van der Waals surface area contributed by atoms with Gasteiger partial charge in [0.25, 0.3) is 0 Å². The molecule has 0 aliphatic rings. The lowest BCUT2D eigenvalue weighted by molar-refractivity contribution is 0.396. The molecule has 0 amide bonds. The van der Waals surface area contributed by atoms with Crippen LogP contribution in [0.1, 0.15) is 38.1 Å². The van der Waals surface area contributed by atoms with Gasteiger partial charge in [0.1, 0.15) is 5.76 Å². The molecule has 1 aromatic carbocycles. The van der Waals surface area contributed by atoms with Crippen LogP contribution in [-0.2, 0) is 0 Å². The van der Waals surface area contributed by atoms with Crippen LogP contribution in [0.15, 0.2) is 61.1 Å². The van der Waals surface area contributed by atoms with Gasteiger partial charge in [-0.25, -0.2) is 9.97 Å². The zero-order valence-electron chi connectivity index (χ0n) is 15.1. The van der Waals surface area contributed by atoms with E-state index in [4.69, 9.17) is 4.98 Å². The Morgan fingerprint density at radius 2 is 1.31 bits per heavy atom. The van der Waals surface area contributed by atoms with E-state index < -0.39 is 0 Å². The van der Waals surface area contributed by atoms with Gasteiger partial charge >= 0.3 is 0 Å². The fourth-order valence-corrected chi connectivity index (χ4v) is 3.00. The number of fused-ring (bicyclic) bond motifs is 3. The lowest BCUT2D eigenvalue weighted by Crippen LogP contribution is -1.97. The zero-order chi connectivity index (χ0) is 18.8. The molecule has 0 aliphatic heterocycles. The van der Waals surface area contributed by atoms with Gasteiger partial charge in [0.15, 0.2) is 0 Å². The maximum Gasteiger partial charge on any atom is 0.117 e. The summed E-state index contributed by atoms with van der Waals surface area (Å²) in [6.45, 7) is 11.3. The summed E-state index contributed by atoms with van der Waals surface area (Å²) in [5, 5.41) is 21.7. The second kappa shape index (κ2) is 7.00. The average molecular weight is 346 g/mol. The van der Waals surface area contributed by atoms with Gasteiger partial charge in [-0.2, -0.15) is 0 Å². The molecule has 4 heteroatoms. The van der Waals surface area contributed by atoms with Crippen LogP contribution < -0.4 is 0 Å². The molecule has 0 spiro atoms. The number of aliphatic hydroxyl groups is 2. The van der Waals surface area contributed by atoms with Crippen molar-refractivity contribution in [2.45, 2.75) is 26.7 Å². The van der Waals surface area contributed by atoms with Gasteiger partial charge in [0.05, 0.1) is 28.2 Å². The van der Waals surface area contributed by atoms with E-state index in [1.165, 1.54) is 0 Å². The van der Waals surface area contributed by atoms with Crippen LogP contribution >= 0.6 is 0 Å². The van der Waals surface area contributed by atoms with Crippen molar-refractivity contribution < 1.29 is 10.2 Å². The maximum absolute atomic E-state index is 10.2. The normalized spacial score (nSPS) is 12.2. The van der Waals surface area contributed by atoms with Gasteiger partial charge in [-0.15, -0.1) is 0 Å². The van der Waals surface area contributed by atoms with Crippen molar-refractivity contribution in [3.05, 3.63) is 72.5 Å². The second-order valence-electron chi connectivity index (χ2n) is 6.16. The molecule has 3 rings (SSSR count). The minimum absolute atomic E-state index is 0.102. The highest BCUT2D eigenvalue weighted by Gasteiger charge is 2.12. The number of hydrogen-bond acceptors (Lipinski definition) is 4. The lowest BCUT2D eigenvalue weighted by atomic mass is 10.0. The molecule has 0 atom stereocenters. The molecule has 2 heterocycles. The molecule has 0 unspecified atom stereocenters. The number of hydrogen-bond donors (Lipinski definition) is 2. The molecule has 0 fully saturated rings. The highest BCUT2D eigenvalue weighted by molar-refractivity contribution is 6.03.